The lowest BCUT2D eigenvalue weighted by molar-refractivity contribution is -0.150. The van der Waals surface area contributed by atoms with Crippen LogP contribution in [0.3, 0.4) is 0 Å². The van der Waals surface area contributed by atoms with Crippen LogP contribution in [-0.2, 0) is 9.59 Å². The van der Waals surface area contributed by atoms with Crippen LogP contribution in [0, 0.1) is 5.92 Å². The number of hydrogen-bond acceptors (Lipinski definition) is 3. The van der Waals surface area contributed by atoms with Crippen molar-refractivity contribution in [3.05, 3.63) is 0 Å². The number of hydrogen-bond donors (Lipinski definition) is 3. The van der Waals surface area contributed by atoms with Gasteiger partial charge in [-0.1, -0.05) is 19.8 Å². The van der Waals surface area contributed by atoms with Gasteiger partial charge in [-0.25, -0.2) is 4.79 Å². The summed E-state index contributed by atoms with van der Waals surface area (Å²) in [5.74, 6) is -0.412. The summed E-state index contributed by atoms with van der Waals surface area (Å²) >= 11 is 0. The standard InChI is InChI=1S/C15H26N2O3/c1-2-11-6-8-15(9-7-11,14(19)20)17-13(18)12-5-3-4-10-16-12/h11-12,16H,2-10H2,1H3,(H,17,18)(H,19,20)/t11?,12-,15?/m0/s1. The Labute approximate surface area is 120 Å². The number of aliphatic carboxylic acids is 1. The third-order valence-electron chi connectivity index (χ3n) is 4.93. The molecule has 1 amide bonds. The molecule has 2 fully saturated rings. The van der Waals surface area contributed by atoms with Crippen LogP contribution >= 0.6 is 0 Å². The number of amides is 1. The second-order valence-electron chi connectivity index (χ2n) is 6.23. The molecule has 2 rings (SSSR count). The zero-order valence-corrected chi connectivity index (χ0v) is 12.3. The van der Waals surface area contributed by atoms with Gasteiger partial charge in [-0.2, -0.15) is 0 Å². The number of carbonyl (C=O) groups is 2. The van der Waals surface area contributed by atoms with Crippen molar-refractivity contribution in [1.82, 2.24) is 10.6 Å². The van der Waals surface area contributed by atoms with Crippen molar-refractivity contribution in [3.63, 3.8) is 0 Å². The monoisotopic (exact) mass is 282 g/mol. The maximum atomic E-state index is 12.3. The van der Waals surface area contributed by atoms with Crippen molar-refractivity contribution < 1.29 is 14.7 Å². The lowest BCUT2D eigenvalue weighted by Gasteiger charge is -2.38. The Morgan fingerprint density at radius 1 is 1.25 bits per heavy atom. The average Bonchev–Trinajstić information content (AvgIpc) is 2.48. The molecule has 5 nitrogen and oxygen atoms in total. The molecular formula is C15H26N2O3. The molecule has 1 atom stereocenters. The fraction of sp³-hybridized carbons (Fsp3) is 0.867. The first-order valence-corrected chi connectivity index (χ1v) is 7.86. The van der Waals surface area contributed by atoms with Gasteiger partial charge in [-0.15, -0.1) is 0 Å². The van der Waals surface area contributed by atoms with Crippen LogP contribution in [0.15, 0.2) is 0 Å². The van der Waals surface area contributed by atoms with Gasteiger partial charge in [0, 0.05) is 0 Å². The van der Waals surface area contributed by atoms with Crippen molar-refractivity contribution in [1.29, 1.82) is 0 Å². The summed E-state index contributed by atoms with van der Waals surface area (Å²) in [5.41, 5.74) is -1.04. The van der Waals surface area contributed by atoms with E-state index in [1.54, 1.807) is 0 Å². The predicted molar refractivity (Wildman–Crippen MR) is 76.4 cm³/mol. The van der Waals surface area contributed by atoms with Gasteiger partial charge in [-0.05, 0) is 51.0 Å². The van der Waals surface area contributed by atoms with Crippen LogP contribution in [0.1, 0.15) is 58.3 Å². The smallest absolute Gasteiger partial charge is 0.329 e. The van der Waals surface area contributed by atoms with E-state index in [-0.39, 0.29) is 11.9 Å². The zero-order chi connectivity index (χ0) is 14.6. The molecule has 0 spiro atoms. The number of rotatable bonds is 4. The first kappa shape index (κ1) is 15.3. The molecule has 1 aliphatic carbocycles. The number of piperidine rings is 1. The van der Waals surface area contributed by atoms with Gasteiger partial charge >= 0.3 is 5.97 Å². The third-order valence-corrected chi connectivity index (χ3v) is 4.93. The molecule has 2 aliphatic rings. The van der Waals surface area contributed by atoms with Gasteiger partial charge in [0.1, 0.15) is 5.54 Å². The van der Waals surface area contributed by atoms with Crippen LogP contribution in [0.2, 0.25) is 0 Å². The third kappa shape index (κ3) is 3.32. The average molecular weight is 282 g/mol. The van der Waals surface area contributed by atoms with Crippen molar-refractivity contribution in [3.8, 4) is 0 Å². The molecule has 114 valence electrons. The summed E-state index contributed by atoms with van der Waals surface area (Å²) in [6, 6.07) is -0.219. The maximum absolute atomic E-state index is 12.3. The molecule has 0 bridgehead atoms. The Balaban J connectivity index is 1.98. The van der Waals surface area contributed by atoms with Crippen LogP contribution in [-0.4, -0.2) is 35.1 Å². The minimum atomic E-state index is -1.04. The van der Waals surface area contributed by atoms with Gasteiger partial charge in [0.2, 0.25) is 5.91 Å². The lowest BCUT2D eigenvalue weighted by atomic mass is 9.75. The molecule has 3 N–H and O–H groups in total. The molecule has 1 saturated carbocycles. The Morgan fingerprint density at radius 2 is 1.95 bits per heavy atom. The van der Waals surface area contributed by atoms with Crippen LogP contribution in [0.5, 0.6) is 0 Å². The van der Waals surface area contributed by atoms with Crippen molar-refractivity contribution in [2.24, 2.45) is 5.92 Å². The minimum Gasteiger partial charge on any atom is -0.480 e. The largest absolute Gasteiger partial charge is 0.480 e. The van der Waals surface area contributed by atoms with E-state index in [1.807, 2.05) is 0 Å². The topological polar surface area (TPSA) is 78.4 Å². The molecule has 0 aromatic carbocycles. The molecule has 0 aromatic heterocycles. The van der Waals surface area contributed by atoms with E-state index in [2.05, 4.69) is 17.6 Å². The summed E-state index contributed by atoms with van der Waals surface area (Å²) in [7, 11) is 0. The molecule has 1 aliphatic heterocycles. The summed E-state index contributed by atoms with van der Waals surface area (Å²) in [6.45, 7) is 2.99. The summed E-state index contributed by atoms with van der Waals surface area (Å²) < 4.78 is 0. The molecule has 0 aromatic rings. The first-order valence-electron chi connectivity index (χ1n) is 7.86. The molecule has 0 unspecified atom stereocenters. The Kier molecular flexibility index (Phi) is 5.02. The van der Waals surface area contributed by atoms with Crippen LogP contribution < -0.4 is 10.6 Å². The molecule has 1 saturated heterocycles. The van der Waals surface area contributed by atoms with Crippen LogP contribution in [0.25, 0.3) is 0 Å². The predicted octanol–water partition coefficient (Wildman–Crippen LogP) is 1.67. The van der Waals surface area contributed by atoms with Gasteiger partial charge in [-0.3, -0.25) is 4.79 Å². The van der Waals surface area contributed by atoms with E-state index in [0.29, 0.717) is 18.8 Å². The number of carboxylic acids is 1. The van der Waals surface area contributed by atoms with E-state index in [9.17, 15) is 14.7 Å². The molecule has 0 radical (unpaired) electrons. The quantitative estimate of drug-likeness (QED) is 0.733. The van der Waals surface area contributed by atoms with Gasteiger partial charge < -0.3 is 15.7 Å². The minimum absolute atomic E-state index is 0.137. The van der Waals surface area contributed by atoms with Gasteiger partial charge in [0.05, 0.1) is 6.04 Å². The van der Waals surface area contributed by atoms with Crippen LogP contribution in [0.4, 0.5) is 0 Å². The Hall–Kier alpha value is -1.10. The van der Waals surface area contributed by atoms with Gasteiger partial charge in [0.25, 0.3) is 0 Å². The van der Waals surface area contributed by atoms with Crippen molar-refractivity contribution in [2.75, 3.05) is 6.54 Å². The fourth-order valence-corrected chi connectivity index (χ4v) is 3.37. The second kappa shape index (κ2) is 6.57. The highest BCUT2D eigenvalue weighted by atomic mass is 16.4. The van der Waals surface area contributed by atoms with E-state index in [0.717, 1.165) is 45.1 Å². The second-order valence-corrected chi connectivity index (χ2v) is 6.23. The summed E-state index contributed by atoms with van der Waals surface area (Å²) in [6.07, 6.45) is 6.91. The summed E-state index contributed by atoms with van der Waals surface area (Å²) in [5, 5.41) is 15.6. The SMILES string of the molecule is CCC1CCC(NC(=O)[C@@H]2CCCCN2)(C(=O)O)CC1. The number of carbonyl (C=O) groups excluding carboxylic acids is 1. The highest BCUT2D eigenvalue weighted by Gasteiger charge is 2.43. The molecule has 20 heavy (non-hydrogen) atoms. The number of carboxylic acid groups (broad SMARTS) is 1. The Bertz CT molecular complexity index is 356. The molecular weight excluding hydrogens is 256 g/mol. The van der Waals surface area contributed by atoms with E-state index in [1.165, 1.54) is 0 Å². The van der Waals surface area contributed by atoms with E-state index >= 15 is 0 Å². The lowest BCUT2D eigenvalue weighted by Crippen LogP contribution is -2.60. The van der Waals surface area contributed by atoms with Crippen molar-refractivity contribution >= 4 is 11.9 Å². The highest BCUT2D eigenvalue weighted by Crippen LogP contribution is 2.34. The molecule has 5 heteroatoms. The Morgan fingerprint density at radius 3 is 2.45 bits per heavy atom. The normalized spacial score (nSPS) is 34.5. The highest BCUT2D eigenvalue weighted by molar-refractivity contribution is 5.89. The van der Waals surface area contributed by atoms with E-state index < -0.39 is 11.5 Å². The maximum Gasteiger partial charge on any atom is 0.329 e. The number of nitrogens with one attached hydrogen (secondary N) is 2. The van der Waals surface area contributed by atoms with Crippen molar-refractivity contribution in [2.45, 2.75) is 69.9 Å². The summed E-state index contributed by atoms with van der Waals surface area (Å²) in [4.78, 5) is 23.9. The van der Waals surface area contributed by atoms with Gasteiger partial charge in [0.15, 0.2) is 0 Å². The van der Waals surface area contributed by atoms with E-state index in [4.69, 9.17) is 0 Å². The zero-order valence-electron chi connectivity index (χ0n) is 12.3. The molecule has 1 heterocycles. The first-order chi connectivity index (χ1) is 9.57. The fourth-order valence-electron chi connectivity index (χ4n) is 3.37.